The molecular weight excluding hydrogens is 288 g/mol. The van der Waals surface area contributed by atoms with Gasteiger partial charge in [-0.25, -0.2) is 13.6 Å². The molecule has 22 heavy (non-hydrogen) atoms. The van der Waals surface area contributed by atoms with E-state index in [0.29, 0.717) is 27.6 Å². The van der Waals surface area contributed by atoms with Gasteiger partial charge in [-0.2, -0.15) is 0 Å². The number of fused-ring (bicyclic) bond motifs is 1. The quantitative estimate of drug-likeness (QED) is 0.772. The summed E-state index contributed by atoms with van der Waals surface area (Å²) in [6.45, 7) is 1.66. The molecule has 3 aromatic rings. The van der Waals surface area contributed by atoms with Gasteiger partial charge < -0.3 is 5.11 Å². The normalized spacial score (nSPS) is 10.9. The van der Waals surface area contributed by atoms with E-state index in [1.54, 1.807) is 25.1 Å². The van der Waals surface area contributed by atoms with E-state index in [9.17, 15) is 18.7 Å². The summed E-state index contributed by atoms with van der Waals surface area (Å²) < 4.78 is 26.7. The maximum Gasteiger partial charge on any atom is 0.336 e. The Morgan fingerprint density at radius 2 is 1.73 bits per heavy atom. The summed E-state index contributed by atoms with van der Waals surface area (Å²) in [5, 5.41) is 9.81. The zero-order valence-electron chi connectivity index (χ0n) is 11.6. The zero-order valence-corrected chi connectivity index (χ0v) is 11.6. The van der Waals surface area contributed by atoms with Crippen molar-refractivity contribution >= 4 is 16.9 Å². The van der Waals surface area contributed by atoms with E-state index < -0.39 is 17.6 Å². The van der Waals surface area contributed by atoms with Gasteiger partial charge in [0.1, 0.15) is 11.6 Å². The predicted molar refractivity (Wildman–Crippen MR) is 78.8 cm³/mol. The van der Waals surface area contributed by atoms with Crippen LogP contribution in [0.1, 0.15) is 15.9 Å². The van der Waals surface area contributed by atoms with Crippen molar-refractivity contribution < 1.29 is 18.7 Å². The van der Waals surface area contributed by atoms with Gasteiger partial charge in [-0.15, -0.1) is 0 Å². The maximum absolute atomic E-state index is 13.4. The lowest BCUT2D eigenvalue weighted by Gasteiger charge is -2.08. The van der Waals surface area contributed by atoms with Crippen LogP contribution in [-0.4, -0.2) is 16.1 Å². The topological polar surface area (TPSA) is 50.2 Å². The number of benzene rings is 2. The molecule has 3 nitrogen and oxygen atoms in total. The molecule has 0 fully saturated rings. The van der Waals surface area contributed by atoms with Gasteiger partial charge in [-0.05, 0) is 47.9 Å². The first-order chi connectivity index (χ1) is 10.5. The molecule has 1 heterocycles. The van der Waals surface area contributed by atoms with Crippen LogP contribution in [0.15, 0.2) is 42.6 Å². The number of rotatable bonds is 2. The fourth-order valence-corrected chi connectivity index (χ4v) is 2.48. The SMILES string of the molecule is Cc1cnc2ccc(-c3cc(F)cc(F)c3)cc2c1C(=O)O. The highest BCUT2D eigenvalue weighted by Crippen LogP contribution is 2.28. The summed E-state index contributed by atoms with van der Waals surface area (Å²) in [5.74, 6) is -2.43. The van der Waals surface area contributed by atoms with Crippen molar-refractivity contribution in [1.82, 2.24) is 4.98 Å². The van der Waals surface area contributed by atoms with Crippen molar-refractivity contribution in [2.24, 2.45) is 0 Å². The molecule has 0 aliphatic rings. The molecule has 3 rings (SSSR count). The molecule has 0 bridgehead atoms. The number of carbonyl (C=O) groups is 1. The molecule has 5 heteroatoms. The molecule has 0 spiro atoms. The molecule has 0 unspecified atom stereocenters. The third-order valence-corrected chi connectivity index (χ3v) is 3.47. The Hall–Kier alpha value is -2.82. The van der Waals surface area contributed by atoms with Gasteiger partial charge in [0, 0.05) is 17.6 Å². The van der Waals surface area contributed by atoms with Crippen LogP contribution in [-0.2, 0) is 0 Å². The summed E-state index contributed by atoms with van der Waals surface area (Å²) in [6, 6.07) is 8.08. The van der Waals surface area contributed by atoms with E-state index in [0.717, 1.165) is 6.07 Å². The standard InChI is InChI=1S/C17H11F2NO2/c1-9-8-20-15-3-2-10(6-14(15)16(9)17(21)22)11-4-12(18)7-13(19)5-11/h2-8H,1H3,(H,21,22). The van der Waals surface area contributed by atoms with E-state index >= 15 is 0 Å². The second kappa shape index (κ2) is 5.18. The minimum atomic E-state index is -1.06. The lowest BCUT2D eigenvalue weighted by Crippen LogP contribution is -2.02. The molecule has 2 aromatic carbocycles. The number of pyridine rings is 1. The molecule has 0 amide bonds. The van der Waals surface area contributed by atoms with E-state index in [1.165, 1.54) is 18.3 Å². The van der Waals surface area contributed by atoms with E-state index in [4.69, 9.17) is 0 Å². The molecular formula is C17H11F2NO2. The summed E-state index contributed by atoms with van der Waals surface area (Å²) in [6.07, 6.45) is 1.49. The number of aryl methyl sites for hydroxylation is 1. The van der Waals surface area contributed by atoms with Crippen LogP contribution in [0.25, 0.3) is 22.0 Å². The predicted octanol–water partition coefficient (Wildman–Crippen LogP) is 4.19. The summed E-state index contributed by atoms with van der Waals surface area (Å²) in [5.41, 5.74) is 2.06. The fourth-order valence-electron chi connectivity index (χ4n) is 2.48. The lowest BCUT2D eigenvalue weighted by molar-refractivity contribution is 0.0698. The Morgan fingerprint density at radius 1 is 1.05 bits per heavy atom. The average molecular weight is 299 g/mol. The van der Waals surface area contributed by atoms with Crippen LogP contribution in [0, 0.1) is 18.6 Å². The molecule has 0 aliphatic heterocycles. The first-order valence-corrected chi connectivity index (χ1v) is 6.55. The van der Waals surface area contributed by atoms with Gasteiger partial charge >= 0.3 is 5.97 Å². The molecule has 110 valence electrons. The first kappa shape index (κ1) is 14.1. The third kappa shape index (κ3) is 2.41. The number of nitrogens with zero attached hydrogens (tertiary/aromatic N) is 1. The lowest BCUT2D eigenvalue weighted by atomic mass is 9.99. The van der Waals surface area contributed by atoms with Crippen molar-refractivity contribution in [1.29, 1.82) is 0 Å². The molecule has 0 saturated carbocycles. The Labute approximate surface area is 124 Å². The Bertz CT molecular complexity index is 886. The molecule has 1 aromatic heterocycles. The van der Waals surface area contributed by atoms with Gasteiger partial charge in [-0.3, -0.25) is 4.98 Å². The van der Waals surface area contributed by atoms with Gasteiger partial charge in [-0.1, -0.05) is 6.07 Å². The number of hydrogen-bond donors (Lipinski definition) is 1. The Balaban J connectivity index is 2.29. The Morgan fingerprint density at radius 3 is 2.36 bits per heavy atom. The highest BCUT2D eigenvalue weighted by Gasteiger charge is 2.14. The first-order valence-electron chi connectivity index (χ1n) is 6.55. The van der Waals surface area contributed by atoms with Crippen LogP contribution in [0.5, 0.6) is 0 Å². The monoisotopic (exact) mass is 299 g/mol. The number of aromatic nitrogens is 1. The summed E-state index contributed by atoms with van der Waals surface area (Å²) >= 11 is 0. The van der Waals surface area contributed by atoms with E-state index in [2.05, 4.69) is 4.98 Å². The maximum atomic E-state index is 13.4. The van der Waals surface area contributed by atoms with Crippen molar-refractivity contribution in [3.05, 3.63) is 65.4 Å². The minimum Gasteiger partial charge on any atom is -0.478 e. The zero-order chi connectivity index (χ0) is 15.9. The summed E-state index contributed by atoms with van der Waals surface area (Å²) in [7, 11) is 0. The van der Waals surface area contributed by atoms with Crippen molar-refractivity contribution in [2.75, 3.05) is 0 Å². The molecule has 0 aliphatic carbocycles. The Kier molecular flexibility index (Phi) is 3.33. The van der Waals surface area contributed by atoms with Gasteiger partial charge in [0.2, 0.25) is 0 Å². The minimum absolute atomic E-state index is 0.142. The number of hydrogen-bond acceptors (Lipinski definition) is 2. The van der Waals surface area contributed by atoms with Crippen LogP contribution >= 0.6 is 0 Å². The van der Waals surface area contributed by atoms with E-state index in [-0.39, 0.29) is 5.56 Å². The van der Waals surface area contributed by atoms with E-state index in [1.807, 2.05) is 0 Å². The number of aromatic carboxylic acids is 1. The second-order valence-corrected chi connectivity index (χ2v) is 5.01. The van der Waals surface area contributed by atoms with Crippen molar-refractivity contribution in [3.63, 3.8) is 0 Å². The number of carboxylic acid groups (broad SMARTS) is 1. The van der Waals surface area contributed by atoms with Crippen LogP contribution in [0.2, 0.25) is 0 Å². The van der Waals surface area contributed by atoms with Gasteiger partial charge in [0.15, 0.2) is 0 Å². The van der Waals surface area contributed by atoms with Gasteiger partial charge in [0.25, 0.3) is 0 Å². The molecule has 0 atom stereocenters. The molecule has 0 radical (unpaired) electrons. The van der Waals surface area contributed by atoms with Crippen LogP contribution in [0.3, 0.4) is 0 Å². The fraction of sp³-hybridized carbons (Fsp3) is 0.0588. The third-order valence-electron chi connectivity index (χ3n) is 3.47. The molecule has 1 N–H and O–H groups in total. The largest absolute Gasteiger partial charge is 0.478 e. The average Bonchev–Trinajstić information content (AvgIpc) is 2.45. The smallest absolute Gasteiger partial charge is 0.336 e. The van der Waals surface area contributed by atoms with Crippen LogP contribution in [0.4, 0.5) is 8.78 Å². The van der Waals surface area contributed by atoms with Gasteiger partial charge in [0.05, 0.1) is 11.1 Å². The molecule has 0 saturated heterocycles. The van der Waals surface area contributed by atoms with Crippen LogP contribution < -0.4 is 0 Å². The van der Waals surface area contributed by atoms with Crippen molar-refractivity contribution in [2.45, 2.75) is 6.92 Å². The highest BCUT2D eigenvalue weighted by atomic mass is 19.1. The second-order valence-electron chi connectivity index (χ2n) is 5.01. The van der Waals surface area contributed by atoms with Crippen molar-refractivity contribution in [3.8, 4) is 11.1 Å². The highest BCUT2D eigenvalue weighted by molar-refractivity contribution is 6.04. The number of carboxylic acids is 1. The number of halogens is 2. The summed E-state index contributed by atoms with van der Waals surface area (Å²) in [4.78, 5) is 15.6.